The molecule has 0 radical (unpaired) electrons. The topological polar surface area (TPSA) is 96.5 Å². The molecule has 1 saturated heterocycles. The number of piperazine rings is 1. The van der Waals surface area contributed by atoms with E-state index in [1.165, 1.54) is 23.4 Å². The highest BCUT2D eigenvalue weighted by molar-refractivity contribution is 5.93. The van der Waals surface area contributed by atoms with Gasteiger partial charge in [0.2, 0.25) is 0 Å². The van der Waals surface area contributed by atoms with Crippen molar-refractivity contribution < 1.29 is 14.7 Å². The summed E-state index contributed by atoms with van der Waals surface area (Å²) in [6.45, 7) is 7.98. The van der Waals surface area contributed by atoms with Crippen LogP contribution in [0.4, 0.5) is 0 Å². The van der Waals surface area contributed by atoms with Crippen molar-refractivity contribution in [1.82, 2.24) is 29.4 Å². The van der Waals surface area contributed by atoms with Gasteiger partial charge < -0.3 is 10.0 Å². The van der Waals surface area contributed by atoms with Crippen molar-refractivity contribution in [2.24, 2.45) is 0 Å². The molecule has 140 valence electrons. The molecule has 9 heteroatoms. The molecule has 0 aromatic carbocycles. The molecule has 0 bridgehead atoms. The summed E-state index contributed by atoms with van der Waals surface area (Å²) in [6, 6.07) is 0.702. The zero-order valence-electron chi connectivity index (χ0n) is 15.1. The van der Waals surface area contributed by atoms with Crippen LogP contribution in [-0.2, 0) is 17.9 Å². The first-order valence-corrected chi connectivity index (χ1v) is 8.79. The zero-order valence-corrected chi connectivity index (χ0v) is 15.1. The fraction of sp³-hybridized carbons (Fsp3) is 0.529. The molecule has 0 aliphatic carbocycles. The Morgan fingerprint density at radius 1 is 1.23 bits per heavy atom. The Hall–Kier alpha value is -2.68. The van der Waals surface area contributed by atoms with Gasteiger partial charge in [0.1, 0.15) is 11.7 Å². The van der Waals surface area contributed by atoms with E-state index in [1.807, 2.05) is 17.1 Å². The van der Waals surface area contributed by atoms with Crippen molar-refractivity contribution in [3.8, 4) is 0 Å². The molecular formula is C17H24N6O3. The van der Waals surface area contributed by atoms with Gasteiger partial charge in [-0.15, -0.1) is 0 Å². The molecule has 1 aliphatic heterocycles. The summed E-state index contributed by atoms with van der Waals surface area (Å²) >= 11 is 0. The number of aliphatic carboxylic acids is 1. The lowest BCUT2D eigenvalue weighted by molar-refractivity contribution is -0.140. The highest BCUT2D eigenvalue weighted by Gasteiger charge is 2.27. The summed E-state index contributed by atoms with van der Waals surface area (Å²) in [5.74, 6) is -1.19. The van der Waals surface area contributed by atoms with Crippen LogP contribution in [0, 0.1) is 0 Å². The summed E-state index contributed by atoms with van der Waals surface area (Å²) in [6.07, 6.45) is 5.39. The average molecular weight is 360 g/mol. The number of carbonyl (C=O) groups is 2. The Labute approximate surface area is 151 Å². The smallest absolute Gasteiger partial charge is 0.328 e. The number of carboxylic acids is 1. The Bertz CT molecular complexity index is 775. The third-order valence-corrected chi connectivity index (χ3v) is 4.69. The molecule has 1 amide bonds. The maximum atomic E-state index is 12.8. The molecule has 1 unspecified atom stereocenters. The first-order valence-electron chi connectivity index (χ1n) is 8.79. The van der Waals surface area contributed by atoms with Crippen LogP contribution in [0.15, 0.2) is 24.7 Å². The van der Waals surface area contributed by atoms with Gasteiger partial charge in [0, 0.05) is 57.2 Å². The van der Waals surface area contributed by atoms with Crippen LogP contribution < -0.4 is 0 Å². The lowest BCUT2D eigenvalue weighted by Gasteiger charge is -2.34. The number of aryl methyl sites for hydroxylation is 1. The Morgan fingerprint density at radius 3 is 2.58 bits per heavy atom. The number of hydrogen-bond acceptors (Lipinski definition) is 5. The van der Waals surface area contributed by atoms with Gasteiger partial charge in [-0.2, -0.15) is 10.2 Å². The van der Waals surface area contributed by atoms with Crippen LogP contribution in [0.3, 0.4) is 0 Å². The summed E-state index contributed by atoms with van der Waals surface area (Å²) in [7, 11) is 0. The van der Waals surface area contributed by atoms with E-state index in [4.69, 9.17) is 5.11 Å². The molecule has 1 aliphatic rings. The van der Waals surface area contributed by atoms with Crippen LogP contribution in [0.5, 0.6) is 0 Å². The van der Waals surface area contributed by atoms with Gasteiger partial charge in [-0.25, -0.2) is 9.48 Å². The van der Waals surface area contributed by atoms with Gasteiger partial charge in [0.05, 0.1) is 6.20 Å². The molecule has 26 heavy (non-hydrogen) atoms. The Balaban J connectivity index is 1.59. The van der Waals surface area contributed by atoms with E-state index in [0.29, 0.717) is 18.8 Å². The molecule has 0 spiro atoms. The highest BCUT2D eigenvalue weighted by atomic mass is 16.4. The van der Waals surface area contributed by atoms with E-state index >= 15 is 0 Å². The molecule has 3 heterocycles. The number of aromatic nitrogens is 4. The Kier molecular flexibility index (Phi) is 5.36. The number of carboxylic acid groups (broad SMARTS) is 1. The minimum absolute atomic E-state index is 0.172. The summed E-state index contributed by atoms with van der Waals surface area (Å²) in [5, 5.41) is 17.5. The fourth-order valence-electron chi connectivity index (χ4n) is 3.09. The largest absolute Gasteiger partial charge is 0.480 e. The second-order valence-electron chi connectivity index (χ2n) is 6.45. The third-order valence-electron chi connectivity index (χ3n) is 4.69. The first-order chi connectivity index (χ1) is 12.5. The SMILES string of the molecule is CCn1cc(CN2CCN(C(=O)c3ccnn3C(C)C(=O)O)CC2)cn1. The second kappa shape index (κ2) is 7.69. The maximum Gasteiger partial charge on any atom is 0.328 e. The van der Waals surface area contributed by atoms with E-state index in [2.05, 4.69) is 22.0 Å². The fourth-order valence-corrected chi connectivity index (χ4v) is 3.09. The van der Waals surface area contributed by atoms with E-state index in [1.54, 1.807) is 11.0 Å². The van der Waals surface area contributed by atoms with E-state index in [9.17, 15) is 9.59 Å². The summed E-state index contributed by atoms with van der Waals surface area (Å²) in [4.78, 5) is 28.0. The normalized spacial score (nSPS) is 16.6. The molecule has 1 N–H and O–H groups in total. The molecule has 2 aromatic rings. The minimum atomic E-state index is -1.01. The molecule has 1 fully saturated rings. The van der Waals surface area contributed by atoms with Gasteiger partial charge in [-0.1, -0.05) is 0 Å². The zero-order chi connectivity index (χ0) is 18.7. The average Bonchev–Trinajstić information content (AvgIpc) is 3.30. The van der Waals surface area contributed by atoms with Gasteiger partial charge >= 0.3 is 5.97 Å². The van der Waals surface area contributed by atoms with Crippen LogP contribution >= 0.6 is 0 Å². The monoisotopic (exact) mass is 360 g/mol. The van der Waals surface area contributed by atoms with Crippen molar-refractivity contribution >= 4 is 11.9 Å². The van der Waals surface area contributed by atoms with Crippen LogP contribution in [0.1, 0.15) is 35.9 Å². The van der Waals surface area contributed by atoms with Gasteiger partial charge in [-0.3, -0.25) is 14.4 Å². The van der Waals surface area contributed by atoms with Gasteiger partial charge in [0.25, 0.3) is 5.91 Å². The number of hydrogen-bond donors (Lipinski definition) is 1. The predicted octanol–water partition coefficient (Wildman–Crippen LogP) is 0.703. The molecular weight excluding hydrogens is 336 g/mol. The molecule has 9 nitrogen and oxygen atoms in total. The highest BCUT2D eigenvalue weighted by Crippen LogP contribution is 2.14. The lowest BCUT2D eigenvalue weighted by Crippen LogP contribution is -2.48. The van der Waals surface area contributed by atoms with Crippen LogP contribution in [0.25, 0.3) is 0 Å². The molecule has 3 rings (SSSR count). The summed E-state index contributed by atoms with van der Waals surface area (Å²) in [5.41, 5.74) is 1.48. The van der Waals surface area contributed by atoms with Crippen molar-refractivity contribution in [2.75, 3.05) is 26.2 Å². The molecule has 1 atom stereocenters. The van der Waals surface area contributed by atoms with Crippen molar-refractivity contribution in [2.45, 2.75) is 33.0 Å². The second-order valence-corrected chi connectivity index (χ2v) is 6.45. The van der Waals surface area contributed by atoms with Crippen molar-refractivity contribution in [3.05, 3.63) is 35.9 Å². The molecule has 0 saturated carbocycles. The maximum absolute atomic E-state index is 12.8. The minimum Gasteiger partial charge on any atom is -0.480 e. The summed E-state index contributed by atoms with van der Waals surface area (Å²) < 4.78 is 3.18. The first kappa shape index (κ1) is 18.1. The number of nitrogens with zero attached hydrogens (tertiary/aromatic N) is 6. The number of carbonyl (C=O) groups excluding carboxylic acids is 1. The molecule has 2 aromatic heterocycles. The van der Waals surface area contributed by atoms with Crippen LogP contribution in [0.2, 0.25) is 0 Å². The number of amides is 1. The van der Waals surface area contributed by atoms with Gasteiger partial charge in [-0.05, 0) is 19.9 Å². The van der Waals surface area contributed by atoms with E-state index in [-0.39, 0.29) is 5.91 Å². The Morgan fingerprint density at radius 2 is 1.96 bits per heavy atom. The van der Waals surface area contributed by atoms with Crippen molar-refractivity contribution in [3.63, 3.8) is 0 Å². The van der Waals surface area contributed by atoms with Gasteiger partial charge in [0.15, 0.2) is 0 Å². The van der Waals surface area contributed by atoms with E-state index in [0.717, 1.165) is 26.2 Å². The van der Waals surface area contributed by atoms with Crippen molar-refractivity contribution in [1.29, 1.82) is 0 Å². The third kappa shape index (κ3) is 3.77. The van der Waals surface area contributed by atoms with E-state index < -0.39 is 12.0 Å². The lowest BCUT2D eigenvalue weighted by atomic mass is 10.2. The van der Waals surface area contributed by atoms with Crippen LogP contribution in [-0.4, -0.2) is 72.5 Å². The number of rotatable bonds is 6. The quantitative estimate of drug-likeness (QED) is 0.815. The standard InChI is InChI=1S/C17H24N6O3/c1-3-22-12-14(10-19-22)11-20-6-8-21(9-7-20)16(24)15-4-5-18-23(15)13(2)17(25)26/h4-5,10,12-13H,3,6-9,11H2,1-2H3,(H,25,26). The predicted molar refractivity (Wildman–Crippen MR) is 93.7 cm³/mol.